The summed E-state index contributed by atoms with van der Waals surface area (Å²) in [5, 5.41) is 11.6. The number of ketones is 1. The maximum Gasteiger partial charge on any atom is 0.407 e. The molecule has 0 bridgehead atoms. The molecule has 1 atom stereocenters. The summed E-state index contributed by atoms with van der Waals surface area (Å²) in [4.78, 5) is 36.4. The van der Waals surface area contributed by atoms with Gasteiger partial charge in [-0.1, -0.05) is 78.9 Å². The maximum absolute atomic E-state index is 12.6. The lowest BCUT2D eigenvalue weighted by atomic mass is 9.98. The molecule has 0 radical (unpaired) electrons. The van der Waals surface area contributed by atoms with Crippen molar-refractivity contribution < 1.29 is 24.2 Å². The number of amides is 1. The molecule has 0 spiro atoms. The molecule has 6 nitrogen and oxygen atoms in total. The Morgan fingerprint density at radius 2 is 1.41 bits per heavy atom. The average molecular weight is 429 g/mol. The normalized spacial score (nSPS) is 13.0. The van der Waals surface area contributed by atoms with Gasteiger partial charge in [0.15, 0.2) is 5.78 Å². The van der Waals surface area contributed by atoms with Crippen molar-refractivity contribution in [1.29, 1.82) is 0 Å². The van der Waals surface area contributed by atoms with Crippen LogP contribution in [0.15, 0.2) is 78.9 Å². The summed E-state index contributed by atoms with van der Waals surface area (Å²) in [5.74, 6) is -1.67. The minimum atomic E-state index is -1.17. The molecule has 3 aromatic carbocycles. The highest BCUT2D eigenvalue weighted by molar-refractivity contribution is 5.92. The molecule has 6 heteroatoms. The van der Waals surface area contributed by atoms with Gasteiger partial charge in [-0.3, -0.25) is 9.59 Å². The smallest absolute Gasteiger partial charge is 0.407 e. The number of ether oxygens (including phenoxy) is 1. The highest BCUT2D eigenvalue weighted by atomic mass is 16.5. The van der Waals surface area contributed by atoms with Gasteiger partial charge in [0.2, 0.25) is 0 Å². The van der Waals surface area contributed by atoms with Crippen LogP contribution in [0.25, 0.3) is 11.1 Å². The lowest BCUT2D eigenvalue weighted by Crippen LogP contribution is -2.43. The van der Waals surface area contributed by atoms with E-state index in [1.165, 1.54) is 0 Å². The lowest BCUT2D eigenvalue weighted by Gasteiger charge is -2.18. The third kappa shape index (κ3) is 4.70. The molecule has 0 fully saturated rings. The van der Waals surface area contributed by atoms with Gasteiger partial charge in [-0.15, -0.1) is 0 Å². The van der Waals surface area contributed by atoms with Crippen LogP contribution in [0.4, 0.5) is 4.79 Å². The summed E-state index contributed by atoms with van der Waals surface area (Å²) in [7, 11) is 0. The Balaban J connectivity index is 1.42. The van der Waals surface area contributed by atoms with Gasteiger partial charge >= 0.3 is 12.1 Å². The van der Waals surface area contributed by atoms with E-state index >= 15 is 0 Å². The van der Waals surface area contributed by atoms with E-state index in [0.717, 1.165) is 27.8 Å². The molecule has 4 rings (SSSR count). The molecule has 0 saturated carbocycles. The quantitative estimate of drug-likeness (QED) is 0.560. The first-order valence-corrected chi connectivity index (χ1v) is 10.4. The summed E-state index contributed by atoms with van der Waals surface area (Å²) < 4.78 is 5.46. The number of benzene rings is 3. The molecule has 0 unspecified atom stereocenters. The molecular weight excluding hydrogens is 406 g/mol. The number of Topliss-reactive ketones (excluding diaryl/α,β-unsaturated/α-hetero) is 1. The molecule has 1 amide bonds. The molecule has 0 aliphatic heterocycles. The van der Waals surface area contributed by atoms with E-state index in [1.807, 2.05) is 54.6 Å². The van der Waals surface area contributed by atoms with Crippen LogP contribution in [0.2, 0.25) is 0 Å². The van der Waals surface area contributed by atoms with Gasteiger partial charge in [0.05, 0.1) is 6.42 Å². The van der Waals surface area contributed by atoms with Crippen molar-refractivity contribution in [2.45, 2.75) is 24.8 Å². The van der Waals surface area contributed by atoms with Crippen LogP contribution < -0.4 is 5.32 Å². The summed E-state index contributed by atoms with van der Waals surface area (Å²) in [6.07, 6.45) is -1.28. The Hall–Kier alpha value is -3.93. The van der Waals surface area contributed by atoms with Gasteiger partial charge in [0.1, 0.15) is 12.6 Å². The van der Waals surface area contributed by atoms with E-state index in [0.29, 0.717) is 0 Å². The number of nitrogens with one attached hydrogen (secondary N) is 1. The topological polar surface area (TPSA) is 92.7 Å². The van der Waals surface area contributed by atoms with Crippen molar-refractivity contribution in [3.8, 4) is 11.1 Å². The predicted octanol–water partition coefficient (Wildman–Crippen LogP) is 4.18. The molecule has 1 aliphatic rings. The lowest BCUT2D eigenvalue weighted by molar-refractivity contribution is -0.139. The van der Waals surface area contributed by atoms with Crippen LogP contribution in [0.3, 0.4) is 0 Å². The van der Waals surface area contributed by atoms with E-state index < -0.39 is 24.5 Å². The van der Waals surface area contributed by atoms with Crippen molar-refractivity contribution in [3.63, 3.8) is 0 Å². The molecule has 3 aromatic rings. The molecule has 2 N–H and O–H groups in total. The summed E-state index contributed by atoms with van der Waals surface area (Å²) in [6, 6.07) is 23.8. The standard InChI is InChI=1S/C26H23NO5/c28-24(14-17-8-2-1-3-9-17)23(15-25(29)30)27-26(31)32-16-22-20-12-6-4-10-18(20)19-11-5-7-13-21(19)22/h1-13,22-23H,14-16H2,(H,27,31)(H,29,30)/t23-/m0/s1. The van der Waals surface area contributed by atoms with Gasteiger partial charge in [-0.2, -0.15) is 0 Å². The Morgan fingerprint density at radius 3 is 2.00 bits per heavy atom. The monoisotopic (exact) mass is 429 g/mol. The van der Waals surface area contributed by atoms with Crippen LogP contribution in [0.5, 0.6) is 0 Å². The van der Waals surface area contributed by atoms with Gasteiger partial charge in [-0.25, -0.2) is 4.79 Å². The SMILES string of the molecule is O=C(O)C[C@H](NC(=O)OCC1c2ccccc2-c2ccccc21)C(=O)Cc1ccccc1. The zero-order valence-electron chi connectivity index (χ0n) is 17.4. The summed E-state index contributed by atoms with van der Waals surface area (Å²) >= 11 is 0. The number of carboxylic acids is 1. The first kappa shape index (κ1) is 21.3. The number of fused-ring (bicyclic) bond motifs is 3. The number of hydrogen-bond acceptors (Lipinski definition) is 4. The fourth-order valence-corrected chi connectivity index (χ4v) is 4.12. The Morgan fingerprint density at radius 1 is 0.844 bits per heavy atom. The molecule has 162 valence electrons. The predicted molar refractivity (Wildman–Crippen MR) is 119 cm³/mol. The van der Waals surface area contributed by atoms with Gasteiger partial charge in [0.25, 0.3) is 0 Å². The second kappa shape index (κ2) is 9.47. The van der Waals surface area contributed by atoms with E-state index in [4.69, 9.17) is 4.74 Å². The molecule has 0 saturated heterocycles. The minimum Gasteiger partial charge on any atom is -0.481 e. The number of alkyl carbamates (subject to hydrolysis) is 1. The molecule has 0 heterocycles. The third-order valence-corrected chi connectivity index (χ3v) is 5.62. The van der Waals surface area contributed by atoms with E-state index in [-0.39, 0.29) is 24.7 Å². The van der Waals surface area contributed by atoms with Crippen LogP contribution in [-0.2, 0) is 20.7 Å². The van der Waals surface area contributed by atoms with Crippen molar-refractivity contribution >= 4 is 17.8 Å². The van der Waals surface area contributed by atoms with Crippen LogP contribution in [0.1, 0.15) is 29.0 Å². The van der Waals surface area contributed by atoms with Crippen molar-refractivity contribution in [2.75, 3.05) is 6.61 Å². The first-order chi connectivity index (χ1) is 15.5. The Bertz CT molecular complexity index is 1100. The van der Waals surface area contributed by atoms with Crippen LogP contribution in [0, 0.1) is 0 Å². The van der Waals surface area contributed by atoms with Crippen molar-refractivity contribution in [3.05, 3.63) is 95.6 Å². The summed E-state index contributed by atoms with van der Waals surface area (Å²) in [5.41, 5.74) is 5.12. The first-order valence-electron chi connectivity index (χ1n) is 10.4. The number of carbonyl (C=O) groups excluding carboxylic acids is 2. The minimum absolute atomic E-state index is 0.0302. The second-order valence-electron chi connectivity index (χ2n) is 7.75. The van der Waals surface area contributed by atoms with Gasteiger partial charge in [0, 0.05) is 12.3 Å². The zero-order valence-corrected chi connectivity index (χ0v) is 17.4. The number of carbonyl (C=O) groups is 3. The fraction of sp³-hybridized carbons (Fsp3) is 0.192. The van der Waals surface area contributed by atoms with E-state index in [9.17, 15) is 19.5 Å². The van der Waals surface area contributed by atoms with Crippen molar-refractivity contribution in [1.82, 2.24) is 5.32 Å². The molecule has 1 aliphatic carbocycles. The molecule has 0 aromatic heterocycles. The van der Waals surface area contributed by atoms with E-state index in [2.05, 4.69) is 5.32 Å². The fourth-order valence-electron chi connectivity index (χ4n) is 4.12. The third-order valence-electron chi connectivity index (χ3n) is 5.62. The second-order valence-corrected chi connectivity index (χ2v) is 7.75. The van der Waals surface area contributed by atoms with Crippen molar-refractivity contribution in [2.24, 2.45) is 0 Å². The number of aliphatic carboxylic acids is 1. The largest absolute Gasteiger partial charge is 0.481 e. The maximum atomic E-state index is 12.6. The average Bonchev–Trinajstić information content (AvgIpc) is 3.11. The highest BCUT2D eigenvalue weighted by Crippen LogP contribution is 2.44. The van der Waals surface area contributed by atoms with Crippen LogP contribution >= 0.6 is 0 Å². The van der Waals surface area contributed by atoms with E-state index in [1.54, 1.807) is 24.3 Å². The zero-order chi connectivity index (χ0) is 22.5. The Labute approximate surface area is 185 Å². The Kier molecular flexibility index (Phi) is 6.31. The van der Waals surface area contributed by atoms with Crippen LogP contribution in [-0.4, -0.2) is 35.6 Å². The summed E-state index contributed by atoms with van der Waals surface area (Å²) in [6.45, 7) is 0.0898. The number of rotatable bonds is 8. The number of carboxylic acid groups (broad SMARTS) is 1. The molecule has 32 heavy (non-hydrogen) atoms. The molecular formula is C26H23NO5. The number of hydrogen-bond donors (Lipinski definition) is 2. The van der Waals surface area contributed by atoms with Gasteiger partial charge in [-0.05, 0) is 27.8 Å². The van der Waals surface area contributed by atoms with Gasteiger partial charge < -0.3 is 15.2 Å². The highest BCUT2D eigenvalue weighted by Gasteiger charge is 2.30.